The van der Waals surface area contributed by atoms with Crippen molar-refractivity contribution in [3.8, 4) is 0 Å². The highest BCUT2D eigenvalue weighted by molar-refractivity contribution is 6.33. The van der Waals surface area contributed by atoms with E-state index in [0.717, 1.165) is 24.7 Å². The zero-order valence-corrected chi connectivity index (χ0v) is 14.5. The summed E-state index contributed by atoms with van der Waals surface area (Å²) >= 11 is 6.50. The fourth-order valence-corrected chi connectivity index (χ4v) is 3.18. The van der Waals surface area contributed by atoms with Crippen LogP contribution in [0.5, 0.6) is 0 Å². The predicted molar refractivity (Wildman–Crippen MR) is 92.3 cm³/mol. The molecular formula is C17H28ClN3. The molecule has 0 unspecified atom stereocenters. The van der Waals surface area contributed by atoms with Crippen molar-refractivity contribution in [1.29, 1.82) is 0 Å². The van der Waals surface area contributed by atoms with E-state index in [1.165, 1.54) is 24.1 Å². The molecule has 1 aliphatic heterocycles. The quantitative estimate of drug-likeness (QED) is 0.899. The summed E-state index contributed by atoms with van der Waals surface area (Å²) in [5.74, 6) is 0. The number of nitrogens with one attached hydrogen (secondary N) is 1. The van der Waals surface area contributed by atoms with Gasteiger partial charge in [-0.3, -0.25) is 0 Å². The molecule has 21 heavy (non-hydrogen) atoms. The van der Waals surface area contributed by atoms with Crippen molar-refractivity contribution >= 4 is 17.3 Å². The lowest BCUT2D eigenvalue weighted by atomic mass is 10.0. The van der Waals surface area contributed by atoms with Crippen molar-refractivity contribution in [3.05, 3.63) is 28.8 Å². The minimum absolute atomic E-state index is 0.494. The van der Waals surface area contributed by atoms with E-state index in [0.29, 0.717) is 12.1 Å². The van der Waals surface area contributed by atoms with E-state index in [1.54, 1.807) is 0 Å². The molecule has 0 spiro atoms. The molecule has 1 aliphatic rings. The Bertz CT molecular complexity index is 451. The lowest BCUT2D eigenvalue weighted by Crippen LogP contribution is -2.42. The SMILES string of the molecule is CC(C)NCc1ccc(N2CCC(N(C)C)CC2)c(Cl)c1. The van der Waals surface area contributed by atoms with Gasteiger partial charge in [0.1, 0.15) is 0 Å². The summed E-state index contributed by atoms with van der Waals surface area (Å²) in [6, 6.07) is 7.66. The molecule has 1 aromatic rings. The first-order valence-corrected chi connectivity index (χ1v) is 8.28. The third-order valence-corrected chi connectivity index (χ3v) is 4.56. The van der Waals surface area contributed by atoms with Crippen molar-refractivity contribution in [2.75, 3.05) is 32.1 Å². The zero-order chi connectivity index (χ0) is 15.4. The van der Waals surface area contributed by atoms with Gasteiger partial charge in [0.2, 0.25) is 0 Å². The fourth-order valence-electron chi connectivity index (χ4n) is 2.86. The molecule has 1 heterocycles. The molecule has 0 bridgehead atoms. The summed E-state index contributed by atoms with van der Waals surface area (Å²) in [4.78, 5) is 4.75. The third-order valence-electron chi connectivity index (χ3n) is 4.26. The molecule has 0 aliphatic carbocycles. The molecule has 2 rings (SSSR count). The van der Waals surface area contributed by atoms with Crippen LogP contribution in [-0.4, -0.2) is 44.2 Å². The topological polar surface area (TPSA) is 18.5 Å². The van der Waals surface area contributed by atoms with Crippen LogP contribution in [0.3, 0.4) is 0 Å². The summed E-state index contributed by atoms with van der Waals surface area (Å²) in [7, 11) is 4.34. The normalized spacial score (nSPS) is 17.0. The number of anilines is 1. The number of benzene rings is 1. The lowest BCUT2D eigenvalue weighted by Gasteiger charge is -2.37. The number of rotatable bonds is 5. The molecule has 0 atom stereocenters. The van der Waals surface area contributed by atoms with Crippen LogP contribution in [0, 0.1) is 0 Å². The molecule has 1 N–H and O–H groups in total. The standard InChI is InChI=1S/C17H28ClN3/c1-13(2)19-12-14-5-6-17(16(18)11-14)21-9-7-15(8-10-21)20(3)4/h5-6,11,13,15,19H,7-10,12H2,1-4H3. The van der Waals surface area contributed by atoms with Crippen molar-refractivity contribution in [2.45, 2.75) is 45.3 Å². The van der Waals surface area contributed by atoms with Crippen molar-refractivity contribution in [3.63, 3.8) is 0 Å². The van der Waals surface area contributed by atoms with Crippen LogP contribution in [0.2, 0.25) is 5.02 Å². The molecular weight excluding hydrogens is 282 g/mol. The van der Waals surface area contributed by atoms with Gasteiger partial charge in [0.05, 0.1) is 10.7 Å². The second-order valence-electron chi connectivity index (χ2n) is 6.50. The maximum absolute atomic E-state index is 6.50. The van der Waals surface area contributed by atoms with Gasteiger partial charge in [0, 0.05) is 31.7 Å². The minimum atomic E-state index is 0.494. The monoisotopic (exact) mass is 309 g/mol. The molecule has 3 nitrogen and oxygen atoms in total. The van der Waals surface area contributed by atoms with E-state index >= 15 is 0 Å². The van der Waals surface area contributed by atoms with Gasteiger partial charge >= 0.3 is 0 Å². The smallest absolute Gasteiger partial charge is 0.0642 e. The molecule has 0 amide bonds. The van der Waals surface area contributed by atoms with Crippen LogP contribution >= 0.6 is 11.6 Å². The van der Waals surface area contributed by atoms with Gasteiger partial charge < -0.3 is 15.1 Å². The van der Waals surface area contributed by atoms with E-state index in [1.807, 2.05) is 0 Å². The van der Waals surface area contributed by atoms with Crippen LogP contribution in [0.15, 0.2) is 18.2 Å². The number of halogens is 1. The van der Waals surface area contributed by atoms with Crippen molar-refractivity contribution < 1.29 is 0 Å². The van der Waals surface area contributed by atoms with Gasteiger partial charge in [-0.05, 0) is 44.6 Å². The summed E-state index contributed by atoms with van der Waals surface area (Å²) in [6.45, 7) is 7.37. The molecule has 0 aromatic heterocycles. The summed E-state index contributed by atoms with van der Waals surface area (Å²) in [5.41, 5.74) is 2.43. The Hall–Kier alpha value is -0.770. The summed E-state index contributed by atoms with van der Waals surface area (Å²) < 4.78 is 0. The Morgan fingerprint density at radius 3 is 2.48 bits per heavy atom. The van der Waals surface area contributed by atoms with Gasteiger partial charge in [0.15, 0.2) is 0 Å². The first-order valence-electron chi connectivity index (χ1n) is 7.90. The minimum Gasteiger partial charge on any atom is -0.370 e. The number of hydrogen-bond acceptors (Lipinski definition) is 3. The third kappa shape index (κ3) is 4.60. The van der Waals surface area contributed by atoms with E-state index in [2.05, 4.69) is 61.3 Å². The van der Waals surface area contributed by atoms with Gasteiger partial charge in [-0.15, -0.1) is 0 Å². The molecule has 1 saturated heterocycles. The summed E-state index contributed by atoms with van der Waals surface area (Å²) in [6.07, 6.45) is 2.42. The maximum atomic E-state index is 6.50. The second kappa shape index (κ2) is 7.48. The largest absolute Gasteiger partial charge is 0.370 e. The Labute approximate surface area is 134 Å². The number of nitrogens with zero attached hydrogens (tertiary/aromatic N) is 2. The summed E-state index contributed by atoms with van der Waals surface area (Å²) in [5, 5.41) is 4.30. The average molecular weight is 310 g/mol. The molecule has 0 radical (unpaired) electrons. The van der Waals surface area contributed by atoms with Gasteiger partial charge in [-0.1, -0.05) is 31.5 Å². The average Bonchev–Trinajstić information content (AvgIpc) is 2.45. The van der Waals surface area contributed by atoms with Gasteiger partial charge in [0.25, 0.3) is 0 Å². The molecule has 1 fully saturated rings. The van der Waals surface area contributed by atoms with E-state index in [4.69, 9.17) is 11.6 Å². The van der Waals surface area contributed by atoms with Gasteiger partial charge in [-0.25, -0.2) is 0 Å². The van der Waals surface area contributed by atoms with Gasteiger partial charge in [-0.2, -0.15) is 0 Å². The Morgan fingerprint density at radius 2 is 1.95 bits per heavy atom. The first-order chi connectivity index (χ1) is 9.97. The highest BCUT2D eigenvalue weighted by Gasteiger charge is 2.21. The Kier molecular flexibility index (Phi) is 5.91. The molecule has 118 valence electrons. The Morgan fingerprint density at radius 1 is 1.29 bits per heavy atom. The number of hydrogen-bond donors (Lipinski definition) is 1. The van der Waals surface area contributed by atoms with Crippen molar-refractivity contribution in [1.82, 2.24) is 10.2 Å². The highest BCUT2D eigenvalue weighted by Crippen LogP contribution is 2.29. The second-order valence-corrected chi connectivity index (χ2v) is 6.91. The van der Waals surface area contributed by atoms with E-state index in [-0.39, 0.29) is 0 Å². The fraction of sp³-hybridized carbons (Fsp3) is 0.647. The maximum Gasteiger partial charge on any atom is 0.0642 e. The zero-order valence-electron chi connectivity index (χ0n) is 13.7. The molecule has 4 heteroatoms. The van der Waals surface area contributed by atoms with Crippen LogP contribution in [0.25, 0.3) is 0 Å². The van der Waals surface area contributed by atoms with Crippen LogP contribution < -0.4 is 10.2 Å². The van der Waals surface area contributed by atoms with Crippen LogP contribution in [0.4, 0.5) is 5.69 Å². The van der Waals surface area contributed by atoms with E-state index < -0.39 is 0 Å². The van der Waals surface area contributed by atoms with Crippen LogP contribution in [-0.2, 0) is 6.54 Å². The highest BCUT2D eigenvalue weighted by atomic mass is 35.5. The predicted octanol–water partition coefficient (Wildman–Crippen LogP) is 3.37. The van der Waals surface area contributed by atoms with E-state index in [9.17, 15) is 0 Å². The number of piperidine rings is 1. The Balaban J connectivity index is 1.98. The van der Waals surface area contributed by atoms with Crippen molar-refractivity contribution in [2.24, 2.45) is 0 Å². The molecule has 0 saturated carbocycles. The molecule has 1 aromatic carbocycles. The van der Waals surface area contributed by atoms with Crippen LogP contribution in [0.1, 0.15) is 32.3 Å². The first kappa shape index (κ1) is 16.6. The lowest BCUT2D eigenvalue weighted by molar-refractivity contribution is 0.249.